The Labute approximate surface area is 38.8 Å². The Morgan fingerprint density at radius 1 is 1.50 bits per heavy atom. The first-order chi connectivity index (χ1) is 2.89. The third kappa shape index (κ3) is 1.38. The summed E-state index contributed by atoms with van der Waals surface area (Å²) in [5, 5.41) is 0. The maximum atomic E-state index is 7.01. The Morgan fingerprint density at radius 2 is 2.33 bits per heavy atom. The lowest BCUT2D eigenvalue weighted by Gasteiger charge is -1.76. The van der Waals surface area contributed by atoms with Gasteiger partial charge in [0.2, 0.25) is 0 Å². The van der Waals surface area contributed by atoms with Gasteiger partial charge in [-0.25, -0.2) is 0 Å². The highest BCUT2D eigenvalue weighted by molar-refractivity contribution is 4.43. The maximum absolute atomic E-state index is 7.01. The van der Waals surface area contributed by atoms with Crippen molar-refractivity contribution >= 4 is 0 Å². The van der Waals surface area contributed by atoms with Crippen LogP contribution in [0.25, 0.3) is 0 Å². The van der Waals surface area contributed by atoms with Gasteiger partial charge in [0.1, 0.15) is 0 Å². The van der Waals surface area contributed by atoms with Crippen molar-refractivity contribution in [3.63, 3.8) is 0 Å². The van der Waals surface area contributed by atoms with E-state index in [1.807, 2.05) is 0 Å². The topological polar surface area (TPSA) is 37.7 Å². The van der Waals surface area contributed by atoms with Crippen molar-refractivity contribution in [3.8, 4) is 0 Å². The van der Waals surface area contributed by atoms with Gasteiger partial charge in [0.05, 0.1) is 0 Å². The molecular weight excluding hydrogens is 80.0 g/mol. The summed E-state index contributed by atoms with van der Waals surface area (Å²) >= 11 is 0. The van der Waals surface area contributed by atoms with Crippen LogP contribution in [-0.4, -0.2) is 13.2 Å². The molecule has 6 heavy (non-hydrogen) atoms. The predicted octanol–water partition coefficient (Wildman–Crippen LogP) is 0.678. The molecule has 1 rings (SSSR count). The van der Waals surface area contributed by atoms with Gasteiger partial charge in [-0.3, -0.25) is 0 Å². The number of ether oxygens (including phenoxy) is 1. The Morgan fingerprint density at radius 3 is 2.50 bits per heavy atom. The van der Waals surface area contributed by atoms with Gasteiger partial charge in [-0.2, -0.15) is 0 Å². The van der Waals surface area contributed by atoms with E-state index in [-0.39, 0.29) is 11.9 Å². The Bertz CT molecular complexity index is 43.0. The van der Waals surface area contributed by atoms with Crippen molar-refractivity contribution in [3.05, 3.63) is 0 Å². The molecule has 1 saturated heterocycles. The zero-order valence-electron chi connectivity index (χ0n) is 4.52. The highest BCUT2D eigenvalue weighted by atomic mass is 16.5. The minimum atomic E-state index is 0. The van der Waals surface area contributed by atoms with E-state index >= 15 is 0 Å². The summed E-state index contributed by atoms with van der Waals surface area (Å²) < 4.78 is 11.9. The summed E-state index contributed by atoms with van der Waals surface area (Å²) in [5.74, 6) is 0. The second kappa shape index (κ2) is 3.12. The third-order valence-corrected chi connectivity index (χ3v) is 0.702. The molecule has 1 heterocycles. The SMILES string of the molecule is [2H][C@H]1CCOC1.[O]. The monoisotopic (exact) mass is 89.1 g/mol. The molecule has 1 aliphatic heterocycles. The second-order valence-electron chi connectivity index (χ2n) is 1.15. The van der Waals surface area contributed by atoms with Crippen LogP contribution in [0.15, 0.2) is 0 Å². The fourth-order valence-electron chi connectivity index (χ4n) is 0.417. The minimum Gasteiger partial charge on any atom is -0.381 e. The molecule has 1 atom stereocenters. The Hall–Kier alpha value is -0.0800. The molecule has 1 aliphatic rings. The van der Waals surface area contributed by atoms with Crippen LogP contribution in [0.5, 0.6) is 0 Å². The highest BCUT2D eigenvalue weighted by Gasteiger charge is 1.94. The smallest absolute Gasteiger partial charge is 0.0466 e. The quantitative estimate of drug-likeness (QED) is 0.430. The van der Waals surface area contributed by atoms with Gasteiger partial charge >= 0.3 is 0 Å². The maximum Gasteiger partial charge on any atom is 0.0466 e. The van der Waals surface area contributed by atoms with Crippen LogP contribution in [-0.2, 0) is 10.2 Å². The van der Waals surface area contributed by atoms with Gasteiger partial charge in [-0.15, -0.1) is 0 Å². The molecule has 0 spiro atoms. The molecule has 2 nitrogen and oxygen atoms in total. The lowest BCUT2D eigenvalue weighted by atomic mass is 10.4. The highest BCUT2D eigenvalue weighted by Crippen LogP contribution is 1.98. The van der Waals surface area contributed by atoms with Crippen molar-refractivity contribution in [1.29, 1.82) is 0 Å². The first-order valence-electron chi connectivity index (χ1n) is 2.47. The predicted molar refractivity (Wildman–Crippen MR) is 20.7 cm³/mol. The lowest BCUT2D eigenvalue weighted by molar-refractivity contribution is 0.198. The van der Waals surface area contributed by atoms with Crippen molar-refractivity contribution in [2.24, 2.45) is 0 Å². The van der Waals surface area contributed by atoms with Crippen LogP contribution in [0.1, 0.15) is 14.2 Å². The molecule has 2 heteroatoms. The summed E-state index contributed by atoms with van der Waals surface area (Å²) in [7, 11) is 0. The summed E-state index contributed by atoms with van der Waals surface area (Å²) in [6.45, 7) is 1.45. The molecule has 0 aromatic carbocycles. The summed E-state index contributed by atoms with van der Waals surface area (Å²) in [6, 6.07) is 0. The second-order valence-corrected chi connectivity index (χ2v) is 1.15. The zero-order chi connectivity index (χ0) is 4.41. The van der Waals surface area contributed by atoms with E-state index in [4.69, 9.17) is 6.11 Å². The first-order valence-corrected chi connectivity index (χ1v) is 1.89. The molecule has 0 aromatic heterocycles. The molecule has 2 radical (unpaired) electrons. The van der Waals surface area contributed by atoms with Crippen molar-refractivity contribution < 1.29 is 11.6 Å². The molecule has 0 unspecified atom stereocenters. The van der Waals surface area contributed by atoms with E-state index in [0.29, 0.717) is 6.61 Å². The Kier molecular flexibility index (Phi) is 2.13. The molecule has 0 aliphatic carbocycles. The molecule has 0 bridgehead atoms. The van der Waals surface area contributed by atoms with E-state index in [1.54, 1.807) is 0 Å². The van der Waals surface area contributed by atoms with Gasteiger partial charge in [-0.05, 0) is 12.8 Å². The molecular formula is C4H8O2. The fourth-order valence-corrected chi connectivity index (χ4v) is 0.417. The lowest BCUT2D eigenvalue weighted by Crippen LogP contribution is -1.74. The van der Waals surface area contributed by atoms with E-state index in [1.165, 1.54) is 0 Å². The summed E-state index contributed by atoms with van der Waals surface area (Å²) in [6.07, 6.45) is 1.00. The van der Waals surface area contributed by atoms with Crippen LogP contribution in [0.3, 0.4) is 0 Å². The van der Waals surface area contributed by atoms with E-state index in [9.17, 15) is 0 Å². The van der Waals surface area contributed by atoms with Crippen LogP contribution >= 0.6 is 0 Å². The average molecular weight is 89.1 g/mol. The van der Waals surface area contributed by atoms with Crippen LogP contribution in [0.2, 0.25) is 0 Å². The first kappa shape index (κ1) is 4.09. The van der Waals surface area contributed by atoms with Crippen molar-refractivity contribution in [2.45, 2.75) is 12.8 Å². The largest absolute Gasteiger partial charge is 0.381 e. The number of hydrogen-bond acceptors (Lipinski definition) is 1. The summed E-state index contributed by atoms with van der Waals surface area (Å²) in [5.41, 5.74) is 0. The molecule has 1 fully saturated rings. The van der Waals surface area contributed by atoms with Crippen molar-refractivity contribution in [1.82, 2.24) is 0 Å². The van der Waals surface area contributed by atoms with Gasteiger partial charge in [0.25, 0.3) is 0 Å². The van der Waals surface area contributed by atoms with E-state index in [0.717, 1.165) is 13.0 Å². The standard InChI is InChI=1S/C4H8O.O/c1-2-4-5-3-1;/h1-4H2;/i1D;/t1-;/m0./s1. The number of rotatable bonds is 0. The van der Waals surface area contributed by atoms with E-state index in [2.05, 4.69) is 0 Å². The van der Waals surface area contributed by atoms with Crippen LogP contribution in [0.4, 0.5) is 0 Å². The minimum absolute atomic E-state index is 0. The number of hydrogen-bond donors (Lipinski definition) is 0. The van der Waals surface area contributed by atoms with Gasteiger partial charge < -0.3 is 4.74 Å². The normalized spacial score (nSPS) is 34.7. The Balaban J connectivity index is 0.000000360. The molecule has 0 saturated carbocycles. The van der Waals surface area contributed by atoms with Gasteiger partial charge in [-0.1, -0.05) is 0 Å². The molecule has 0 N–H and O–H groups in total. The molecule has 0 amide bonds. The molecule has 36 valence electrons. The average Bonchev–Trinajstić information content (AvgIpc) is 1.86. The fraction of sp³-hybridized carbons (Fsp3) is 1.00. The van der Waals surface area contributed by atoms with Gasteiger partial charge in [0, 0.05) is 20.1 Å². The van der Waals surface area contributed by atoms with E-state index < -0.39 is 0 Å². The third-order valence-electron chi connectivity index (χ3n) is 0.702. The van der Waals surface area contributed by atoms with Gasteiger partial charge in [0.15, 0.2) is 0 Å². The van der Waals surface area contributed by atoms with Crippen LogP contribution in [0, 0.1) is 0 Å². The van der Waals surface area contributed by atoms with Crippen LogP contribution < -0.4 is 0 Å². The van der Waals surface area contributed by atoms with Crippen molar-refractivity contribution in [2.75, 3.05) is 13.2 Å². The molecule has 0 aromatic rings. The zero-order valence-corrected chi connectivity index (χ0v) is 3.52. The summed E-state index contributed by atoms with van der Waals surface area (Å²) in [4.78, 5) is 0.